The maximum Gasteiger partial charge on any atom is 0.228 e. The van der Waals surface area contributed by atoms with Crippen molar-refractivity contribution in [2.75, 3.05) is 5.32 Å². The third-order valence-electron chi connectivity index (χ3n) is 4.11. The van der Waals surface area contributed by atoms with Gasteiger partial charge >= 0.3 is 0 Å². The number of benzene rings is 2. The van der Waals surface area contributed by atoms with Crippen molar-refractivity contribution in [1.29, 1.82) is 0 Å². The number of hydrogen-bond acceptors (Lipinski definition) is 3. The summed E-state index contributed by atoms with van der Waals surface area (Å²) >= 11 is 6.02. The largest absolute Gasteiger partial charge is 0.461 e. The van der Waals surface area contributed by atoms with E-state index in [0.717, 1.165) is 22.2 Å². The number of H-pyrrole nitrogens is 1. The lowest BCUT2D eigenvalue weighted by Gasteiger charge is -2.06. The van der Waals surface area contributed by atoms with E-state index in [1.807, 2.05) is 55.5 Å². The summed E-state index contributed by atoms with van der Waals surface area (Å²) < 4.78 is 5.36. The fraction of sp³-hybridized carbons (Fsp3) is 0.100. The fourth-order valence-electron chi connectivity index (χ4n) is 2.82. The molecular weight excluding hydrogens is 350 g/mol. The van der Waals surface area contributed by atoms with Crippen LogP contribution in [0, 0.1) is 6.92 Å². The van der Waals surface area contributed by atoms with Crippen molar-refractivity contribution in [3.05, 3.63) is 70.9 Å². The number of furan rings is 1. The number of imidazole rings is 1. The summed E-state index contributed by atoms with van der Waals surface area (Å²) in [6, 6.07) is 14.8. The van der Waals surface area contributed by atoms with E-state index in [4.69, 9.17) is 16.0 Å². The number of halogens is 1. The Morgan fingerprint density at radius 2 is 2.12 bits per heavy atom. The van der Waals surface area contributed by atoms with Gasteiger partial charge < -0.3 is 14.7 Å². The first-order valence-corrected chi connectivity index (χ1v) is 8.55. The van der Waals surface area contributed by atoms with Crippen molar-refractivity contribution in [1.82, 2.24) is 9.97 Å². The molecule has 0 radical (unpaired) electrons. The number of anilines is 1. The second-order valence-electron chi connectivity index (χ2n) is 6.10. The Labute approximate surface area is 155 Å². The van der Waals surface area contributed by atoms with Gasteiger partial charge in [-0.05, 0) is 54.4 Å². The fourth-order valence-corrected chi connectivity index (χ4v) is 2.94. The Bertz CT molecular complexity index is 1080. The third-order valence-corrected chi connectivity index (χ3v) is 4.53. The van der Waals surface area contributed by atoms with E-state index in [2.05, 4.69) is 15.3 Å². The number of aryl methyl sites for hydroxylation is 1. The molecule has 4 rings (SSSR count). The molecule has 0 spiro atoms. The van der Waals surface area contributed by atoms with Crippen LogP contribution in [0.5, 0.6) is 0 Å². The Hall–Kier alpha value is -3.05. The van der Waals surface area contributed by atoms with E-state index < -0.39 is 0 Å². The summed E-state index contributed by atoms with van der Waals surface area (Å²) in [7, 11) is 0. The highest BCUT2D eigenvalue weighted by atomic mass is 35.5. The van der Waals surface area contributed by atoms with E-state index in [0.29, 0.717) is 22.3 Å². The highest BCUT2D eigenvalue weighted by molar-refractivity contribution is 6.31. The van der Waals surface area contributed by atoms with Gasteiger partial charge in [0, 0.05) is 10.7 Å². The minimum atomic E-state index is -0.0863. The van der Waals surface area contributed by atoms with Gasteiger partial charge in [-0.2, -0.15) is 0 Å². The van der Waals surface area contributed by atoms with Crippen LogP contribution in [-0.2, 0) is 11.2 Å². The van der Waals surface area contributed by atoms with Gasteiger partial charge in [-0.15, -0.1) is 0 Å². The maximum atomic E-state index is 12.3. The molecule has 0 saturated carbocycles. The number of carbonyl (C=O) groups is 1. The molecule has 2 N–H and O–H groups in total. The molecule has 2 aromatic carbocycles. The Balaban J connectivity index is 1.51. The van der Waals surface area contributed by atoms with E-state index >= 15 is 0 Å². The van der Waals surface area contributed by atoms with Crippen LogP contribution in [0.15, 0.2) is 59.2 Å². The first-order chi connectivity index (χ1) is 12.6. The molecule has 0 aliphatic heterocycles. The minimum absolute atomic E-state index is 0.0863. The minimum Gasteiger partial charge on any atom is -0.461 e. The van der Waals surface area contributed by atoms with Crippen LogP contribution in [0.25, 0.3) is 22.6 Å². The van der Waals surface area contributed by atoms with Crippen molar-refractivity contribution >= 4 is 34.2 Å². The number of aromatic nitrogens is 2. The predicted octanol–water partition coefficient (Wildman–Crippen LogP) is 4.97. The van der Waals surface area contributed by atoms with E-state index in [-0.39, 0.29) is 12.3 Å². The number of nitrogens with zero attached hydrogens (tertiary/aromatic N) is 1. The molecule has 130 valence electrons. The molecule has 26 heavy (non-hydrogen) atoms. The Morgan fingerprint density at radius 3 is 2.88 bits per heavy atom. The number of hydrogen-bond donors (Lipinski definition) is 2. The summed E-state index contributed by atoms with van der Waals surface area (Å²) in [6.07, 6.45) is 1.89. The normalized spacial score (nSPS) is 11.0. The average molecular weight is 366 g/mol. The van der Waals surface area contributed by atoms with Crippen LogP contribution in [0.2, 0.25) is 5.02 Å². The molecule has 2 heterocycles. The average Bonchev–Trinajstić information content (AvgIpc) is 3.26. The number of nitrogens with one attached hydrogen (secondary N) is 2. The summed E-state index contributed by atoms with van der Waals surface area (Å²) in [5.41, 5.74) is 4.23. The molecule has 0 saturated heterocycles. The first-order valence-electron chi connectivity index (χ1n) is 8.17. The lowest BCUT2D eigenvalue weighted by Crippen LogP contribution is -2.14. The molecule has 0 bridgehead atoms. The summed E-state index contributed by atoms with van der Waals surface area (Å²) in [6.45, 7) is 1.92. The first kappa shape index (κ1) is 16.4. The number of carbonyl (C=O) groups excluding carboxylic acids is 1. The second-order valence-corrected chi connectivity index (χ2v) is 6.51. The third kappa shape index (κ3) is 3.34. The molecule has 4 aromatic rings. The Kier molecular flexibility index (Phi) is 4.22. The van der Waals surface area contributed by atoms with Gasteiger partial charge in [0.25, 0.3) is 0 Å². The molecule has 6 heteroatoms. The summed E-state index contributed by atoms with van der Waals surface area (Å²) in [5, 5.41) is 3.62. The summed E-state index contributed by atoms with van der Waals surface area (Å²) in [4.78, 5) is 20.0. The van der Waals surface area contributed by atoms with Crippen LogP contribution >= 0.6 is 11.6 Å². The quantitative estimate of drug-likeness (QED) is 0.536. The van der Waals surface area contributed by atoms with Crippen LogP contribution in [0.3, 0.4) is 0 Å². The van der Waals surface area contributed by atoms with Gasteiger partial charge in [0.1, 0.15) is 0 Å². The molecule has 0 aliphatic carbocycles. The SMILES string of the molecule is Cc1cc(CC(=O)Nc2ccc3nc(-c4ccco4)[nH]c3c2)ccc1Cl. The van der Waals surface area contributed by atoms with Crippen molar-refractivity contribution in [2.45, 2.75) is 13.3 Å². The van der Waals surface area contributed by atoms with Gasteiger partial charge in [0.15, 0.2) is 11.6 Å². The number of amides is 1. The zero-order valence-corrected chi connectivity index (χ0v) is 14.8. The van der Waals surface area contributed by atoms with Crippen LogP contribution < -0.4 is 5.32 Å². The van der Waals surface area contributed by atoms with Crippen molar-refractivity contribution < 1.29 is 9.21 Å². The van der Waals surface area contributed by atoms with Gasteiger partial charge in [-0.25, -0.2) is 4.98 Å². The highest BCUT2D eigenvalue weighted by Crippen LogP contribution is 2.23. The Morgan fingerprint density at radius 1 is 1.23 bits per heavy atom. The molecule has 0 atom stereocenters. The smallest absolute Gasteiger partial charge is 0.228 e. The van der Waals surface area contributed by atoms with E-state index in [9.17, 15) is 4.79 Å². The van der Waals surface area contributed by atoms with Crippen molar-refractivity contribution in [3.8, 4) is 11.6 Å². The van der Waals surface area contributed by atoms with Gasteiger partial charge in [-0.1, -0.05) is 23.7 Å². The zero-order chi connectivity index (χ0) is 18.1. The van der Waals surface area contributed by atoms with Crippen LogP contribution in [0.4, 0.5) is 5.69 Å². The van der Waals surface area contributed by atoms with Gasteiger partial charge in [0.2, 0.25) is 5.91 Å². The molecular formula is C20H16ClN3O2. The van der Waals surface area contributed by atoms with E-state index in [1.54, 1.807) is 6.26 Å². The molecule has 0 unspecified atom stereocenters. The summed E-state index contributed by atoms with van der Waals surface area (Å²) in [5.74, 6) is 1.24. The second kappa shape index (κ2) is 6.69. The van der Waals surface area contributed by atoms with Crippen LogP contribution in [-0.4, -0.2) is 15.9 Å². The van der Waals surface area contributed by atoms with Crippen molar-refractivity contribution in [3.63, 3.8) is 0 Å². The topological polar surface area (TPSA) is 70.9 Å². The lowest BCUT2D eigenvalue weighted by atomic mass is 10.1. The van der Waals surface area contributed by atoms with E-state index in [1.165, 1.54) is 0 Å². The standard InChI is InChI=1S/C20H16ClN3O2/c1-12-9-13(4-6-15(12)21)10-19(25)22-14-5-7-16-17(11-14)24-20(23-16)18-3-2-8-26-18/h2-9,11H,10H2,1H3,(H,22,25)(H,23,24). The molecule has 0 aliphatic rings. The van der Waals surface area contributed by atoms with Crippen LogP contribution in [0.1, 0.15) is 11.1 Å². The molecule has 0 fully saturated rings. The molecule has 1 amide bonds. The lowest BCUT2D eigenvalue weighted by molar-refractivity contribution is -0.115. The number of rotatable bonds is 4. The monoisotopic (exact) mass is 365 g/mol. The zero-order valence-electron chi connectivity index (χ0n) is 14.0. The van der Waals surface area contributed by atoms with Gasteiger partial charge in [0.05, 0.1) is 23.7 Å². The maximum absolute atomic E-state index is 12.3. The number of aromatic amines is 1. The van der Waals surface area contributed by atoms with Crippen molar-refractivity contribution in [2.24, 2.45) is 0 Å². The molecule has 2 aromatic heterocycles. The highest BCUT2D eigenvalue weighted by Gasteiger charge is 2.10. The van der Waals surface area contributed by atoms with Gasteiger partial charge in [-0.3, -0.25) is 4.79 Å². The predicted molar refractivity (Wildman–Crippen MR) is 102 cm³/mol. The molecule has 5 nitrogen and oxygen atoms in total. The number of fused-ring (bicyclic) bond motifs is 1.